The fourth-order valence-electron chi connectivity index (χ4n) is 3.52. The Hall–Kier alpha value is -3.67. The van der Waals surface area contributed by atoms with Crippen molar-refractivity contribution in [3.63, 3.8) is 0 Å². The second-order valence-corrected chi connectivity index (χ2v) is 7.96. The summed E-state index contributed by atoms with van der Waals surface area (Å²) >= 11 is 0. The van der Waals surface area contributed by atoms with Crippen molar-refractivity contribution < 1.29 is 4.42 Å². The molecule has 6 heteroatoms. The van der Waals surface area contributed by atoms with Gasteiger partial charge in [0.25, 0.3) is 0 Å². The highest BCUT2D eigenvalue weighted by atomic mass is 16.3. The second-order valence-electron chi connectivity index (χ2n) is 7.96. The molecule has 150 valence electrons. The van der Waals surface area contributed by atoms with E-state index >= 15 is 0 Å². The summed E-state index contributed by atoms with van der Waals surface area (Å²) in [5.74, 6) is 3.08. The third-order valence-electron chi connectivity index (χ3n) is 5.17. The van der Waals surface area contributed by atoms with Crippen LogP contribution in [-0.2, 0) is 6.42 Å². The fraction of sp³-hybridized carbons (Fsp3) is 0.208. The van der Waals surface area contributed by atoms with E-state index in [1.165, 1.54) is 0 Å². The average molecular weight is 397 g/mol. The number of aromatic amines is 1. The minimum absolute atomic E-state index is 0.659. The molecule has 0 aliphatic rings. The molecule has 5 aromatic rings. The van der Waals surface area contributed by atoms with Crippen molar-refractivity contribution in [3.8, 4) is 11.4 Å². The number of nitrogens with zero attached hydrogens (tertiary/aromatic N) is 3. The van der Waals surface area contributed by atoms with Crippen molar-refractivity contribution in [2.45, 2.75) is 26.7 Å². The van der Waals surface area contributed by atoms with E-state index in [4.69, 9.17) is 9.40 Å². The van der Waals surface area contributed by atoms with Crippen molar-refractivity contribution in [3.05, 3.63) is 66.7 Å². The molecule has 0 radical (unpaired) electrons. The van der Waals surface area contributed by atoms with Crippen molar-refractivity contribution in [2.75, 3.05) is 5.32 Å². The smallest absolute Gasteiger partial charge is 0.161 e. The average Bonchev–Trinajstić information content (AvgIpc) is 3.38. The van der Waals surface area contributed by atoms with E-state index in [1.54, 1.807) is 12.4 Å². The third kappa shape index (κ3) is 3.76. The Morgan fingerprint density at radius 1 is 1.03 bits per heavy atom. The first-order chi connectivity index (χ1) is 14.6. The van der Waals surface area contributed by atoms with Crippen molar-refractivity contribution in [2.24, 2.45) is 5.92 Å². The van der Waals surface area contributed by atoms with Crippen LogP contribution in [0.1, 0.15) is 26.0 Å². The fourth-order valence-corrected chi connectivity index (χ4v) is 3.52. The quantitative estimate of drug-likeness (QED) is 0.362. The molecule has 3 aromatic heterocycles. The molecule has 3 heterocycles. The number of aryl methyl sites for hydroxylation is 1. The van der Waals surface area contributed by atoms with Gasteiger partial charge in [0.1, 0.15) is 17.2 Å². The lowest BCUT2D eigenvalue weighted by Crippen LogP contribution is -1.96. The molecule has 0 atom stereocenters. The van der Waals surface area contributed by atoms with Gasteiger partial charge in [-0.15, -0.1) is 0 Å². The maximum absolute atomic E-state index is 6.06. The zero-order chi connectivity index (χ0) is 20.5. The van der Waals surface area contributed by atoms with Crippen LogP contribution in [0.2, 0.25) is 0 Å². The van der Waals surface area contributed by atoms with Gasteiger partial charge in [0.2, 0.25) is 0 Å². The predicted octanol–water partition coefficient (Wildman–Crippen LogP) is 6.10. The molecule has 2 N–H and O–H groups in total. The molecule has 0 fully saturated rings. The molecule has 0 aliphatic heterocycles. The van der Waals surface area contributed by atoms with Crippen LogP contribution < -0.4 is 5.32 Å². The molecule has 30 heavy (non-hydrogen) atoms. The summed E-state index contributed by atoms with van der Waals surface area (Å²) in [5, 5.41) is 12.5. The first kappa shape index (κ1) is 18.4. The summed E-state index contributed by atoms with van der Waals surface area (Å²) < 4.78 is 6.06. The van der Waals surface area contributed by atoms with Crippen LogP contribution in [0.25, 0.3) is 33.3 Å². The number of furan rings is 1. The number of H-pyrrole nitrogens is 1. The highest BCUT2D eigenvalue weighted by Crippen LogP contribution is 2.27. The molecule has 0 spiro atoms. The Morgan fingerprint density at radius 2 is 1.97 bits per heavy atom. The number of nitrogens with one attached hydrogen (secondary N) is 2. The van der Waals surface area contributed by atoms with Gasteiger partial charge >= 0.3 is 0 Å². The minimum atomic E-state index is 0.659. The van der Waals surface area contributed by atoms with Crippen LogP contribution in [0.3, 0.4) is 0 Å². The Morgan fingerprint density at radius 3 is 2.87 bits per heavy atom. The van der Waals surface area contributed by atoms with Gasteiger partial charge in [0, 0.05) is 34.6 Å². The third-order valence-corrected chi connectivity index (χ3v) is 5.17. The Balaban J connectivity index is 1.40. The Bertz CT molecular complexity index is 1320. The minimum Gasteiger partial charge on any atom is -0.461 e. The van der Waals surface area contributed by atoms with Gasteiger partial charge in [0.05, 0.1) is 11.7 Å². The lowest BCUT2D eigenvalue weighted by atomic mass is 10.1. The first-order valence-corrected chi connectivity index (χ1v) is 10.2. The summed E-state index contributed by atoms with van der Waals surface area (Å²) in [5.41, 5.74) is 3.76. The van der Waals surface area contributed by atoms with Gasteiger partial charge in [-0.25, -0.2) is 9.97 Å². The number of hydrogen-bond acceptors (Lipinski definition) is 5. The summed E-state index contributed by atoms with van der Waals surface area (Å²) in [6, 6.07) is 16.2. The number of anilines is 2. The SMILES string of the molecule is CC(C)CCc1cc2ccc(-c3nccc(Nc4ccc5[nH]ncc5c4)n3)cc2o1. The lowest BCUT2D eigenvalue weighted by Gasteiger charge is -2.07. The topological polar surface area (TPSA) is 79.6 Å². The number of hydrogen-bond donors (Lipinski definition) is 2. The number of benzene rings is 2. The van der Waals surface area contributed by atoms with Crippen molar-refractivity contribution in [1.29, 1.82) is 0 Å². The molecular formula is C24H23N5O. The van der Waals surface area contributed by atoms with Crippen LogP contribution in [0.5, 0.6) is 0 Å². The van der Waals surface area contributed by atoms with Gasteiger partial charge in [-0.3, -0.25) is 5.10 Å². The van der Waals surface area contributed by atoms with E-state index in [0.29, 0.717) is 11.7 Å². The molecular weight excluding hydrogens is 374 g/mol. The maximum Gasteiger partial charge on any atom is 0.161 e. The number of fused-ring (bicyclic) bond motifs is 2. The zero-order valence-corrected chi connectivity index (χ0v) is 17.0. The van der Waals surface area contributed by atoms with Gasteiger partial charge in [0.15, 0.2) is 5.82 Å². The standard InChI is InChI=1S/C24H23N5O/c1-15(2)3-7-20-12-16-4-5-17(13-22(16)30-20)24-25-10-9-23(28-24)27-19-6-8-21-18(11-19)14-26-29-21/h4-6,8-15H,3,7H2,1-2H3,(H,26,29)(H,25,27,28). The molecule has 0 aliphatic carbocycles. The highest BCUT2D eigenvalue weighted by molar-refractivity contribution is 5.84. The zero-order valence-electron chi connectivity index (χ0n) is 17.0. The van der Waals surface area contributed by atoms with Crippen LogP contribution >= 0.6 is 0 Å². The van der Waals surface area contributed by atoms with Crippen molar-refractivity contribution in [1.82, 2.24) is 20.2 Å². The van der Waals surface area contributed by atoms with Crippen LogP contribution in [0.4, 0.5) is 11.5 Å². The van der Waals surface area contributed by atoms with E-state index in [0.717, 1.165) is 57.5 Å². The van der Waals surface area contributed by atoms with Gasteiger partial charge in [-0.1, -0.05) is 26.0 Å². The van der Waals surface area contributed by atoms with E-state index in [9.17, 15) is 0 Å². The Kier molecular flexibility index (Phi) is 4.67. The summed E-state index contributed by atoms with van der Waals surface area (Å²) in [6.07, 6.45) is 5.65. The molecule has 0 bridgehead atoms. The van der Waals surface area contributed by atoms with Gasteiger partial charge in [-0.05, 0) is 48.7 Å². The second kappa shape index (κ2) is 7.63. The number of aromatic nitrogens is 4. The van der Waals surface area contributed by atoms with Crippen molar-refractivity contribution >= 4 is 33.4 Å². The summed E-state index contributed by atoms with van der Waals surface area (Å²) in [7, 11) is 0. The summed E-state index contributed by atoms with van der Waals surface area (Å²) in [4.78, 5) is 9.15. The maximum atomic E-state index is 6.06. The molecule has 0 amide bonds. The molecule has 0 saturated carbocycles. The predicted molar refractivity (Wildman–Crippen MR) is 120 cm³/mol. The van der Waals surface area contributed by atoms with Gasteiger partial charge in [-0.2, -0.15) is 5.10 Å². The van der Waals surface area contributed by atoms with Crippen LogP contribution in [0.15, 0.2) is 65.3 Å². The van der Waals surface area contributed by atoms with Crippen LogP contribution in [0, 0.1) is 5.92 Å². The highest BCUT2D eigenvalue weighted by Gasteiger charge is 2.09. The van der Waals surface area contributed by atoms with E-state index in [-0.39, 0.29) is 0 Å². The molecule has 0 saturated heterocycles. The molecule has 6 nitrogen and oxygen atoms in total. The molecule has 2 aromatic carbocycles. The monoisotopic (exact) mass is 397 g/mol. The molecule has 0 unspecified atom stereocenters. The van der Waals surface area contributed by atoms with Crippen LogP contribution in [-0.4, -0.2) is 20.2 Å². The molecule has 5 rings (SSSR count). The first-order valence-electron chi connectivity index (χ1n) is 10.2. The normalized spacial score (nSPS) is 11.6. The lowest BCUT2D eigenvalue weighted by molar-refractivity contribution is 0.499. The van der Waals surface area contributed by atoms with E-state index in [1.807, 2.05) is 36.4 Å². The summed E-state index contributed by atoms with van der Waals surface area (Å²) in [6.45, 7) is 4.46. The van der Waals surface area contributed by atoms with E-state index in [2.05, 4.69) is 46.5 Å². The Labute approximate surface area is 174 Å². The van der Waals surface area contributed by atoms with E-state index < -0.39 is 0 Å². The number of rotatable bonds is 6. The largest absolute Gasteiger partial charge is 0.461 e. The van der Waals surface area contributed by atoms with Gasteiger partial charge < -0.3 is 9.73 Å².